The van der Waals surface area contributed by atoms with Crippen LogP contribution in [0, 0.1) is 5.41 Å². The molecule has 1 aromatic heterocycles. The van der Waals surface area contributed by atoms with Gasteiger partial charge in [0.1, 0.15) is 0 Å². The number of rotatable bonds is 1. The minimum Gasteiger partial charge on any atom is -0.419 e. The number of ether oxygens (including phenoxy) is 2. The van der Waals surface area contributed by atoms with Gasteiger partial charge in [-0.2, -0.15) is 5.10 Å². The van der Waals surface area contributed by atoms with Crippen LogP contribution in [0.4, 0.5) is 0 Å². The molecule has 2 aliphatic rings. The van der Waals surface area contributed by atoms with Crippen molar-refractivity contribution in [1.82, 2.24) is 14.7 Å². The van der Waals surface area contributed by atoms with E-state index in [1.807, 2.05) is 0 Å². The fourth-order valence-corrected chi connectivity index (χ4v) is 2.79. The number of hydrogen-bond acceptors (Lipinski definition) is 6. The zero-order valence-corrected chi connectivity index (χ0v) is 14.4. The van der Waals surface area contributed by atoms with Crippen molar-refractivity contribution >= 4 is 23.5 Å². The average molecular weight is 356 g/mol. The van der Waals surface area contributed by atoms with Crippen LogP contribution in [0.25, 0.3) is 0 Å². The van der Waals surface area contributed by atoms with E-state index < -0.39 is 22.7 Å². The molecule has 2 aliphatic heterocycles. The molecule has 0 aromatic carbocycles. The second-order valence-electron chi connectivity index (χ2n) is 6.85. The van der Waals surface area contributed by atoms with Crippen LogP contribution in [0.2, 0.25) is 5.15 Å². The lowest BCUT2D eigenvalue weighted by Crippen LogP contribution is -2.55. The van der Waals surface area contributed by atoms with E-state index in [9.17, 15) is 14.4 Å². The predicted molar refractivity (Wildman–Crippen MR) is 84.2 cm³/mol. The van der Waals surface area contributed by atoms with Gasteiger partial charge in [0.2, 0.25) is 10.9 Å². The molecule has 9 heteroatoms. The molecule has 1 saturated heterocycles. The summed E-state index contributed by atoms with van der Waals surface area (Å²) in [7, 11) is 0. The highest BCUT2D eigenvalue weighted by Crippen LogP contribution is 2.27. The maximum atomic E-state index is 12.8. The predicted octanol–water partition coefficient (Wildman–Crippen LogP) is 0.703. The van der Waals surface area contributed by atoms with Gasteiger partial charge in [0.05, 0.1) is 31.2 Å². The van der Waals surface area contributed by atoms with Gasteiger partial charge in [-0.25, -0.2) is 0 Å². The summed E-state index contributed by atoms with van der Waals surface area (Å²) >= 11 is 5.88. The van der Waals surface area contributed by atoms with Crippen LogP contribution in [0.3, 0.4) is 0 Å². The van der Waals surface area contributed by atoms with Gasteiger partial charge in [-0.15, -0.1) is 0 Å². The smallest absolute Gasteiger partial charge is 0.316 e. The third-order valence-corrected chi connectivity index (χ3v) is 4.20. The lowest BCUT2D eigenvalue weighted by molar-refractivity contribution is -0.143. The van der Waals surface area contributed by atoms with Crippen molar-refractivity contribution in [2.24, 2.45) is 5.41 Å². The van der Waals surface area contributed by atoms with E-state index >= 15 is 0 Å². The summed E-state index contributed by atoms with van der Waals surface area (Å²) in [6.07, 6.45) is 0. The van der Waals surface area contributed by atoms with Gasteiger partial charge >= 0.3 is 5.97 Å². The Kier molecular flexibility index (Phi) is 4.13. The second-order valence-corrected chi connectivity index (χ2v) is 7.20. The first-order chi connectivity index (χ1) is 11.2. The molecule has 1 fully saturated rings. The number of hydrogen-bond donors (Lipinski definition) is 0. The Labute approximate surface area is 143 Å². The van der Waals surface area contributed by atoms with Crippen molar-refractivity contribution in [3.63, 3.8) is 0 Å². The summed E-state index contributed by atoms with van der Waals surface area (Å²) in [5.74, 6) is -1.39. The van der Waals surface area contributed by atoms with Crippen molar-refractivity contribution in [2.45, 2.75) is 33.4 Å². The molecule has 3 heterocycles. The van der Waals surface area contributed by atoms with Crippen LogP contribution in [0.1, 0.15) is 31.3 Å². The third-order valence-electron chi connectivity index (χ3n) is 3.96. The summed E-state index contributed by atoms with van der Waals surface area (Å²) in [6.45, 7) is 6.50. The summed E-state index contributed by atoms with van der Waals surface area (Å²) in [5.41, 5.74) is -1.64. The minimum absolute atomic E-state index is 0.0415. The molecule has 24 heavy (non-hydrogen) atoms. The molecule has 0 unspecified atom stereocenters. The van der Waals surface area contributed by atoms with E-state index in [1.54, 1.807) is 25.7 Å². The maximum absolute atomic E-state index is 12.8. The van der Waals surface area contributed by atoms with Gasteiger partial charge in [-0.1, -0.05) is 11.6 Å². The number of carbonyl (C=O) groups is 2. The highest BCUT2D eigenvalue weighted by atomic mass is 35.5. The molecule has 0 spiro atoms. The van der Waals surface area contributed by atoms with E-state index in [2.05, 4.69) is 5.10 Å². The minimum atomic E-state index is -0.834. The Morgan fingerprint density at radius 1 is 1.38 bits per heavy atom. The average Bonchev–Trinajstić information content (AvgIpc) is 2.51. The van der Waals surface area contributed by atoms with Crippen LogP contribution in [-0.4, -0.2) is 52.4 Å². The number of fused-ring (bicyclic) bond motifs is 2. The Balaban J connectivity index is 2.10. The van der Waals surface area contributed by atoms with Crippen LogP contribution in [0.5, 0.6) is 5.75 Å². The molecular formula is C15H18ClN3O5. The zero-order chi connectivity index (χ0) is 17.6. The number of amides is 1. The van der Waals surface area contributed by atoms with Crippen LogP contribution >= 0.6 is 11.6 Å². The number of morpholine rings is 1. The maximum Gasteiger partial charge on any atom is 0.316 e. The number of nitrogens with zero attached hydrogens (tertiary/aromatic N) is 3. The number of halogens is 1. The fraction of sp³-hybridized carbons (Fsp3) is 0.600. The van der Waals surface area contributed by atoms with Gasteiger partial charge in [0.15, 0.2) is 5.69 Å². The molecule has 0 N–H and O–H groups in total. The van der Waals surface area contributed by atoms with Gasteiger partial charge in [-0.3, -0.25) is 19.1 Å². The first kappa shape index (κ1) is 16.9. The van der Waals surface area contributed by atoms with E-state index in [-0.39, 0.29) is 22.6 Å². The van der Waals surface area contributed by atoms with Crippen molar-refractivity contribution in [2.75, 3.05) is 19.8 Å². The molecule has 1 atom stereocenters. The molecule has 8 nitrogen and oxygen atoms in total. The first-order valence-electron chi connectivity index (χ1n) is 7.61. The van der Waals surface area contributed by atoms with E-state index in [0.29, 0.717) is 26.3 Å². The second kappa shape index (κ2) is 5.86. The van der Waals surface area contributed by atoms with Gasteiger partial charge in [-0.05, 0) is 20.8 Å². The first-order valence-corrected chi connectivity index (χ1v) is 7.99. The van der Waals surface area contributed by atoms with Crippen molar-refractivity contribution in [3.8, 4) is 5.75 Å². The highest BCUT2D eigenvalue weighted by Gasteiger charge is 2.39. The lowest BCUT2D eigenvalue weighted by Gasteiger charge is -2.40. The van der Waals surface area contributed by atoms with Crippen LogP contribution in [-0.2, 0) is 16.1 Å². The van der Waals surface area contributed by atoms with E-state index in [1.165, 1.54) is 4.68 Å². The number of esters is 1. The SMILES string of the molecule is CC(C)(C)C(=O)Oc1c2n(nc(Cl)c1=O)C[C@H]1COCCN1C2=O. The normalized spacial score (nSPS) is 20.4. The van der Waals surface area contributed by atoms with Gasteiger partial charge in [0, 0.05) is 6.54 Å². The fourth-order valence-electron chi connectivity index (χ4n) is 2.61. The lowest BCUT2D eigenvalue weighted by atomic mass is 9.97. The molecule has 0 saturated carbocycles. The molecule has 1 amide bonds. The standard InChI is InChI=1S/C15H18ClN3O5/c1-15(2,3)14(22)24-11-9-13(21)18-4-5-23-7-8(18)6-19(9)17-12(16)10(11)20/h8H,4-7H2,1-3H3/t8-/m0/s1. The van der Waals surface area contributed by atoms with Gasteiger partial charge in [0.25, 0.3) is 11.3 Å². The molecule has 0 radical (unpaired) electrons. The van der Waals surface area contributed by atoms with Crippen molar-refractivity contribution < 1.29 is 19.1 Å². The Morgan fingerprint density at radius 2 is 2.08 bits per heavy atom. The summed E-state index contributed by atoms with van der Waals surface area (Å²) in [6, 6.07) is -0.184. The van der Waals surface area contributed by atoms with Gasteiger partial charge < -0.3 is 14.4 Å². The molecule has 0 aliphatic carbocycles. The number of aromatic nitrogens is 2. The van der Waals surface area contributed by atoms with E-state index in [0.717, 1.165) is 0 Å². The molecule has 130 valence electrons. The van der Waals surface area contributed by atoms with Crippen molar-refractivity contribution in [3.05, 3.63) is 21.1 Å². The van der Waals surface area contributed by atoms with E-state index in [4.69, 9.17) is 21.1 Å². The van der Waals surface area contributed by atoms with Crippen LogP contribution < -0.4 is 10.2 Å². The molecular weight excluding hydrogens is 338 g/mol. The van der Waals surface area contributed by atoms with Crippen LogP contribution in [0.15, 0.2) is 4.79 Å². The Hall–Kier alpha value is -1.93. The Bertz CT molecular complexity index is 768. The Morgan fingerprint density at radius 3 is 2.75 bits per heavy atom. The van der Waals surface area contributed by atoms with Crippen molar-refractivity contribution in [1.29, 1.82) is 0 Å². The number of carbonyl (C=O) groups excluding carboxylic acids is 2. The topological polar surface area (TPSA) is 90.7 Å². The third kappa shape index (κ3) is 2.80. The summed E-state index contributed by atoms with van der Waals surface area (Å²) in [5, 5.41) is 3.62. The highest BCUT2D eigenvalue weighted by molar-refractivity contribution is 6.29. The molecule has 3 rings (SSSR count). The summed E-state index contributed by atoms with van der Waals surface area (Å²) < 4.78 is 12.0. The largest absolute Gasteiger partial charge is 0.419 e. The zero-order valence-electron chi connectivity index (χ0n) is 13.7. The quantitative estimate of drug-likeness (QED) is 0.689. The monoisotopic (exact) mass is 355 g/mol. The summed E-state index contributed by atoms with van der Waals surface area (Å²) in [4.78, 5) is 38.9. The molecule has 0 bridgehead atoms. The molecule has 1 aromatic rings.